The first-order chi connectivity index (χ1) is 15.8. The standard InChI is InChI=1S/C28H43NO4S/c1-17-10-9-11-18(2)26(31)21(5)27(32)28(7,8)20(4)15-25(30)33-24(13-12-17)19(3)14-23-16-34-22(6)29-23/h12,14,16,18,20-21,24,26,31H,9-11,13,15H2,1-8H3/t18-,20-,21+,24-,26-/m0/s1. The van der Waals surface area contributed by atoms with Gasteiger partial charge in [0.2, 0.25) is 0 Å². The fourth-order valence-electron chi connectivity index (χ4n) is 4.57. The first-order valence-electron chi connectivity index (χ1n) is 12.5. The Balaban J connectivity index is 2.33. The first kappa shape index (κ1) is 28.4. The van der Waals surface area contributed by atoms with Gasteiger partial charge >= 0.3 is 5.97 Å². The van der Waals surface area contributed by atoms with Crippen LogP contribution in [0.25, 0.3) is 6.08 Å². The van der Waals surface area contributed by atoms with Crippen LogP contribution in [-0.4, -0.2) is 34.1 Å². The van der Waals surface area contributed by atoms with E-state index in [4.69, 9.17) is 4.74 Å². The van der Waals surface area contributed by atoms with Crippen LogP contribution < -0.4 is 0 Å². The van der Waals surface area contributed by atoms with Gasteiger partial charge in [0, 0.05) is 29.6 Å². The minimum atomic E-state index is -0.745. The van der Waals surface area contributed by atoms with Crippen molar-refractivity contribution in [2.24, 2.45) is 23.2 Å². The van der Waals surface area contributed by atoms with E-state index in [9.17, 15) is 14.7 Å². The number of Topliss-reactive ketones (excluding diaryl/α,β-unsaturated/α-hetero) is 1. The molecule has 1 aliphatic heterocycles. The largest absolute Gasteiger partial charge is 0.457 e. The lowest BCUT2D eigenvalue weighted by Crippen LogP contribution is -2.42. The molecule has 0 unspecified atom stereocenters. The lowest BCUT2D eigenvalue weighted by molar-refractivity contribution is -0.150. The zero-order chi connectivity index (χ0) is 25.6. The summed E-state index contributed by atoms with van der Waals surface area (Å²) in [5.74, 6) is -0.960. The van der Waals surface area contributed by atoms with Crippen molar-refractivity contribution >= 4 is 29.2 Å². The molecule has 0 spiro atoms. The van der Waals surface area contributed by atoms with Crippen LogP contribution in [0.4, 0.5) is 0 Å². The van der Waals surface area contributed by atoms with Crippen molar-refractivity contribution < 1.29 is 19.4 Å². The second-order valence-electron chi connectivity index (χ2n) is 10.8. The van der Waals surface area contributed by atoms with Crippen molar-refractivity contribution in [1.29, 1.82) is 0 Å². The minimum absolute atomic E-state index is 0.00171. The number of esters is 1. The topological polar surface area (TPSA) is 76.5 Å². The Morgan fingerprint density at radius 1 is 1.24 bits per heavy atom. The Bertz CT molecular complexity index is 913. The number of aliphatic hydroxyl groups excluding tert-OH is 1. The van der Waals surface area contributed by atoms with E-state index in [1.54, 1.807) is 11.3 Å². The second-order valence-corrected chi connectivity index (χ2v) is 11.8. The number of aromatic nitrogens is 1. The molecule has 0 amide bonds. The molecule has 190 valence electrons. The Labute approximate surface area is 209 Å². The van der Waals surface area contributed by atoms with E-state index in [1.165, 1.54) is 5.57 Å². The number of thiazole rings is 1. The van der Waals surface area contributed by atoms with Crippen LogP contribution in [0.5, 0.6) is 0 Å². The zero-order valence-electron chi connectivity index (χ0n) is 22.2. The summed E-state index contributed by atoms with van der Waals surface area (Å²) in [6.45, 7) is 15.6. The molecular weight excluding hydrogens is 446 g/mol. The van der Waals surface area contributed by atoms with Gasteiger partial charge < -0.3 is 9.84 Å². The number of nitrogens with zero attached hydrogens (tertiary/aromatic N) is 1. The van der Waals surface area contributed by atoms with Gasteiger partial charge in [-0.05, 0) is 63.5 Å². The summed E-state index contributed by atoms with van der Waals surface area (Å²) in [5, 5.41) is 13.8. The minimum Gasteiger partial charge on any atom is -0.457 e. The van der Waals surface area contributed by atoms with Crippen LogP contribution in [0.1, 0.15) is 91.3 Å². The lowest BCUT2D eigenvalue weighted by atomic mass is 9.69. The smallest absolute Gasteiger partial charge is 0.306 e. The Morgan fingerprint density at radius 2 is 1.91 bits per heavy atom. The molecule has 5 atom stereocenters. The molecule has 1 aliphatic rings. The second kappa shape index (κ2) is 12.3. The van der Waals surface area contributed by atoms with Gasteiger partial charge in [0.15, 0.2) is 0 Å². The number of carbonyl (C=O) groups excluding carboxylic acids is 2. The summed E-state index contributed by atoms with van der Waals surface area (Å²) < 4.78 is 5.97. The maximum Gasteiger partial charge on any atom is 0.306 e. The van der Waals surface area contributed by atoms with Gasteiger partial charge in [-0.1, -0.05) is 46.3 Å². The SMILES string of the molecule is CC1=CC[C@@H](C(C)=Cc2csc(C)n2)OC(=O)C[C@H](C)C(C)(C)C(=O)[C@H](C)[C@@H](O)[C@@H](C)CCC1. The van der Waals surface area contributed by atoms with Crippen molar-refractivity contribution in [3.63, 3.8) is 0 Å². The van der Waals surface area contributed by atoms with Crippen LogP contribution in [0.15, 0.2) is 22.6 Å². The fourth-order valence-corrected chi connectivity index (χ4v) is 5.14. The third-order valence-electron chi connectivity index (χ3n) is 7.55. The van der Waals surface area contributed by atoms with Crippen molar-refractivity contribution in [2.75, 3.05) is 0 Å². The zero-order valence-corrected chi connectivity index (χ0v) is 23.0. The normalized spacial score (nSPS) is 30.6. The van der Waals surface area contributed by atoms with Gasteiger partial charge in [-0.3, -0.25) is 9.59 Å². The summed E-state index contributed by atoms with van der Waals surface area (Å²) in [7, 11) is 0. The van der Waals surface area contributed by atoms with E-state index in [0.717, 1.165) is 35.5 Å². The van der Waals surface area contributed by atoms with E-state index in [2.05, 4.69) is 18.0 Å². The van der Waals surface area contributed by atoms with Gasteiger partial charge in [-0.2, -0.15) is 0 Å². The predicted molar refractivity (Wildman–Crippen MR) is 140 cm³/mol. The van der Waals surface area contributed by atoms with E-state index in [-0.39, 0.29) is 36.1 Å². The van der Waals surface area contributed by atoms with Crippen molar-refractivity contribution in [3.05, 3.63) is 33.3 Å². The average molecular weight is 490 g/mol. The van der Waals surface area contributed by atoms with E-state index >= 15 is 0 Å². The molecule has 1 aromatic heterocycles. The number of allylic oxidation sites excluding steroid dienone is 1. The molecule has 0 aromatic carbocycles. The highest BCUT2D eigenvalue weighted by Crippen LogP contribution is 2.36. The summed E-state index contributed by atoms with van der Waals surface area (Å²) >= 11 is 1.60. The summed E-state index contributed by atoms with van der Waals surface area (Å²) in [6, 6.07) is 0. The average Bonchev–Trinajstić information content (AvgIpc) is 3.18. The van der Waals surface area contributed by atoms with E-state index in [0.29, 0.717) is 6.42 Å². The summed E-state index contributed by atoms with van der Waals surface area (Å²) in [5.41, 5.74) is 2.33. The molecule has 1 N–H and O–H groups in total. The number of cyclic esters (lactones) is 1. The number of aliphatic hydroxyl groups is 1. The van der Waals surface area contributed by atoms with Crippen LogP contribution in [0.3, 0.4) is 0 Å². The molecule has 1 aromatic rings. The molecule has 0 fully saturated rings. The van der Waals surface area contributed by atoms with E-state index in [1.807, 2.05) is 59.9 Å². The Morgan fingerprint density at radius 3 is 2.53 bits per heavy atom. The summed E-state index contributed by atoms with van der Waals surface area (Å²) in [6.07, 6.45) is 6.57. The highest BCUT2D eigenvalue weighted by molar-refractivity contribution is 7.09. The molecular formula is C28H43NO4S. The van der Waals surface area contributed by atoms with Gasteiger partial charge in [-0.25, -0.2) is 4.98 Å². The van der Waals surface area contributed by atoms with Crippen LogP contribution in [-0.2, 0) is 14.3 Å². The third kappa shape index (κ3) is 7.61. The number of carbonyl (C=O) groups is 2. The number of aryl methyl sites for hydroxylation is 1. The number of ketones is 1. The first-order valence-corrected chi connectivity index (χ1v) is 13.4. The molecule has 0 bridgehead atoms. The fraction of sp³-hybridized carbons (Fsp3) is 0.679. The summed E-state index contributed by atoms with van der Waals surface area (Å²) in [4.78, 5) is 30.8. The molecule has 2 heterocycles. The van der Waals surface area contributed by atoms with Crippen LogP contribution >= 0.6 is 11.3 Å². The van der Waals surface area contributed by atoms with Gasteiger partial charge in [0.25, 0.3) is 0 Å². The predicted octanol–water partition coefficient (Wildman–Crippen LogP) is 6.54. The molecule has 0 saturated carbocycles. The highest BCUT2D eigenvalue weighted by Gasteiger charge is 2.41. The Kier molecular flexibility index (Phi) is 10.3. The molecule has 34 heavy (non-hydrogen) atoms. The number of hydrogen-bond donors (Lipinski definition) is 1. The quantitative estimate of drug-likeness (QED) is 0.377. The highest BCUT2D eigenvalue weighted by atomic mass is 32.1. The number of rotatable bonds is 2. The number of hydrogen-bond acceptors (Lipinski definition) is 6. The van der Waals surface area contributed by atoms with Gasteiger partial charge in [0.1, 0.15) is 11.9 Å². The van der Waals surface area contributed by atoms with Crippen molar-refractivity contribution in [3.8, 4) is 0 Å². The molecule has 5 nitrogen and oxygen atoms in total. The molecule has 0 radical (unpaired) electrons. The van der Waals surface area contributed by atoms with Crippen LogP contribution in [0, 0.1) is 30.1 Å². The molecule has 6 heteroatoms. The Hall–Kier alpha value is -1.79. The maximum absolute atomic E-state index is 13.3. The maximum atomic E-state index is 13.3. The van der Waals surface area contributed by atoms with Gasteiger partial charge in [-0.15, -0.1) is 11.3 Å². The lowest BCUT2D eigenvalue weighted by Gasteiger charge is -2.35. The monoisotopic (exact) mass is 489 g/mol. The van der Waals surface area contributed by atoms with Crippen LogP contribution in [0.2, 0.25) is 0 Å². The van der Waals surface area contributed by atoms with E-state index < -0.39 is 17.4 Å². The van der Waals surface area contributed by atoms with Crippen molar-refractivity contribution in [1.82, 2.24) is 4.98 Å². The molecule has 0 aliphatic carbocycles. The number of ether oxygens (including phenoxy) is 1. The molecule has 0 saturated heterocycles. The van der Waals surface area contributed by atoms with Gasteiger partial charge in [0.05, 0.1) is 16.8 Å². The van der Waals surface area contributed by atoms with Crippen molar-refractivity contribution in [2.45, 2.75) is 99.7 Å². The third-order valence-corrected chi connectivity index (χ3v) is 8.35. The molecule has 2 rings (SSSR count).